The number of hydrogen-bond acceptors (Lipinski definition) is 2. The molecule has 0 atom stereocenters. The van der Waals surface area contributed by atoms with Gasteiger partial charge in [-0.1, -0.05) is 60.7 Å². The molecule has 0 aliphatic rings. The third-order valence-electron chi connectivity index (χ3n) is 3.16. The number of imidazole rings is 1. The Labute approximate surface area is 123 Å². The van der Waals surface area contributed by atoms with E-state index in [4.69, 9.17) is 0 Å². The second kappa shape index (κ2) is 6.01. The molecular formula is C18H14N2O. The van der Waals surface area contributed by atoms with Gasteiger partial charge in [-0.25, -0.2) is 4.98 Å². The van der Waals surface area contributed by atoms with Crippen LogP contribution >= 0.6 is 0 Å². The number of carbonyl (C=O) groups is 1. The number of allylic oxidation sites excluding steroid dienone is 1. The van der Waals surface area contributed by atoms with Gasteiger partial charge in [-0.05, 0) is 17.2 Å². The van der Waals surface area contributed by atoms with E-state index in [1.54, 1.807) is 12.4 Å². The van der Waals surface area contributed by atoms with Crippen molar-refractivity contribution >= 4 is 17.6 Å². The summed E-state index contributed by atoms with van der Waals surface area (Å²) in [5.74, 6) is -0.0949. The first-order valence-corrected chi connectivity index (χ1v) is 6.69. The van der Waals surface area contributed by atoms with Gasteiger partial charge >= 0.3 is 0 Å². The topological polar surface area (TPSA) is 34.9 Å². The van der Waals surface area contributed by atoms with Crippen molar-refractivity contribution in [3.8, 4) is 0 Å². The molecule has 0 aliphatic heterocycles. The van der Waals surface area contributed by atoms with Crippen molar-refractivity contribution in [1.82, 2.24) is 9.55 Å². The monoisotopic (exact) mass is 274 g/mol. The second-order valence-electron chi connectivity index (χ2n) is 4.61. The summed E-state index contributed by atoms with van der Waals surface area (Å²) in [7, 11) is 0. The van der Waals surface area contributed by atoms with Crippen LogP contribution in [0.3, 0.4) is 0 Å². The Morgan fingerprint density at radius 2 is 1.62 bits per heavy atom. The van der Waals surface area contributed by atoms with Gasteiger partial charge in [0.25, 0.3) is 5.91 Å². The zero-order valence-corrected chi connectivity index (χ0v) is 11.4. The molecule has 0 unspecified atom stereocenters. The van der Waals surface area contributed by atoms with Gasteiger partial charge in [0, 0.05) is 18.0 Å². The molecule has 1 heterocycles. The van der Waals surface area contributed by atoms with Crippen LogP contribution in [0.15, 0.2) is 79.4 Å². The minimum atomic E-state index is -0.0949. The molecule has 102 valence electrons. The summed E-state index contributed by atoms with van der Waals surface area (Å²) in [6, 6.07) is 19.5. The molecule has 0 saturated carbocycles. The zero-order chi connectivity index (χ0) is 14.5. The molecule has 0 N–H and O–H groups in total. The van der Waals surface area contributed by atoms with Crippen LogP contribution in [0.1, 0.15) is 15.9 Å². The molecule has 3 rings (SSSR count). The molecule has 0 amide bonds. The van der Waals surface area contributed by atoms with Gasteiger partial charge in [0.1, 0.15) is 6.33 Å². The average molecular weight is 274 g/mol. The minimum Gasteiger partial charge on any atom is -0.272 e. The first kappa shape index (κ1) is 13.1. The molecular weight excluding hydrogens is 260 g/mol. The molecule has 3 nitrogen and oxygen atoms in total. The van der Waals surface area contributed by atoms with Crippen LogP contribution in [0.25, 0.3) is 11.6 Å². The quantitative estimate of drug-likeness (QED) is 0.538. The number of hydrogen-bond donors (Lipinski definition) is 0. The molecule has 0 spiro atoms. The fourth-order valence-corrected chi connectivity index (χ4v) is 2.12. The highest BCUT2D eigenvalue weighted by Gasteiger charge is 2.13. The summed E-state index contributed by atoms with van der Waals surface area (Å²) in [6.07, 6.45) is 6.68. The van der Waals surface area contributed by atoms with Gasteiger partial charge in [0.2, 0.25) is 0 Å². The highest BCUT2D eigenvalue weighted by Crippen LogP contribution is 2.20. The number of benzene rings is 2. The predicted octanol–water partition coefficient (Wildman–Crippen LogP) is 3.76. The summed E-state index contributed by atoms with van der Waals surface area (Å²) in [4.78, 5) is 16.6. The molecule has 3 aromatic rings. The van der Waals surface area contributed by atoms with E-state index in [1.165, 1.54) is 10.9 Å². The highest BCUT2D eigenvalue weighted by atomic mass is 16.2. The van der Waals surface area contributed by atoms with Gasteiger partial charge in [0.15, 0.2) is 0 Å². The Bertz CT molecular complexity index is 744. The van der Waals surface area contributed by atoms with E-state index in [1.807, 2.05) is 66.7 Å². The van der Waals surface area contributed by atoms with Crippen LogP contribution in [0.5, 0.6) is 0 Å². The third-order valence-corrected chi connectivity index (χ3v) is 3.16. The number of carbonyl (C=O) groups excluding carboxylic acids is 1. The van der Waals surface area contributed by atoms with Crippen molar-refractivity contribution in [2.24, 2.45) is 0 Å². The van der Waals surface area contributed by atoms with Crippen molar-refractivity contribution < 1.29 is 4.79 Å². The maximum atomic E-state index is 12.7. The van der Waals surface area contributed by atoms with Crippen LogP contribution in [0, 0.1) is 0 Å². The van der Waals surface area contributed by atoms with Gasteiger partial charge in [-0.2, -0.15) is 0 Å². The van der Waals surface area contributed by atoms with Gasteiger partial charge < -0.3 is 0 Å². The van der Waals surface area contributed by atoms with Crippen molar-refractivity contribution in [1.29, 1.82) is 0 Å². The van der Waals surface area contributed by atoms with E-state index in [9.17, 15) is 4.79 Å². The van der Waals surface area contributed by atoms with Crippen LogP contribution in [-0.4, -0.2) is 15.5 Å². The first-order chi connectivity index (χ1) is 10.3. The van der Waals surface area contributed by atoms with Crippen molar-refractivity contribution in [2.45, 2.75) is 0 Å². The maximum Gasteiger partial charge on any atom is 0.263 e. The lowest BCUT2D eigenvalue weighted by molar-refractivity contribution is 0.0980. The van der Waals surface area contributed by atoms with E-state index in [-0.39, 0.29) is 5.91 Å². The molecule has 21 heavy (non-hydrogen) atoms. The Hall–Kier alpha value is -2.94. The summed E-state index contributed by atoms with van der Waals surface area (Å²) < 4.78 is 1.49. The molecule has 0 radical (unpaired) electrons. The molecule has 1 aromatic heterocycles. The standard InChI is InChI=1S/C18H14N2O/c21-18(20-12-11-19-14-20)17(16-9-5-2-6-10-16)13-15-7-3-1-4-8-15/h1-14H/b17-13+. The second-order valence-corrected chi connectivity index (χ2v) is 4.61. The Morgan fingerprint density at radius 1 is 0.952 bits per heavy atom. The van der Waals surface area contributed by atoms with E-state index < -0.39 is 0 Å². The number of rotatable bonds is 3. The van der Waals surface area contributed by atoms with Crippen molar-refractivity contribution in [3.05, 3.63) is 90.5 Å². The number of aromatic nitrogens is 2. The normalized spacial score (nSPS) is 11.3. The molecule has 0 bridgehead atoms. The maximum absolute atomic E-state index is 12.7. The van der Waals surface area contributed by atoms with E-state index in [0.29, 0.717) is 5.57 Å². The summed E-state index contributed by atoms with van der Waals surface area (Å²) in [5.41, 5.74) is 2.52. The lowest BCUT2D eigenvalue weighted by Crippen LogP contribution is -2.10. The SMILES string of the molecule is O=C(/C(=C/c1ccccc1)c1ccccc1)n1ccnc1. The minimum absolute atomic E-state index is 0.0949. The van der Waals surface area contributed by atoms with Gasteiger partial charge in [-0.3, -0.25) is 9.36 Å². The summed E-state index contributed by atoms with van der Waals surface area (Å²) in [5, 5.41) is 0. The van der Waals surface area contributed by atoms with Crippen LogP contribution < -0.4 is 0 Å². The van der Waals surface area contributed by atoms with E-state index >= 15 is 0 Å². The lowest BCUT2D eigenvalue weighted by Gasteiger charge is -2.08. The molecule has 0 aliphatic carbocycles. The molecule has 2 aromatic carbocycles. The van der Waals surface area contributed by atoms with E-state index in [2.05, 4.69) is 4.98 Å². The van der Waals surface area contributed by atoms with Crippen LogP contribution in [0.4, 0.5) is 0 Å². The predicted molar refractivity (Wildman–Crippen MR) is 83.6 cm³/mol. The van der Waals surface area contributed by atoms with Crippen molar-refractivity contribution in [3.63, 3.8) is 0 Å². The zero-order valence-electron chi connectivity index (χ0n) is 11.4. The lowest BCUT2D eigenvalue weighted by atomic mass is 10.0. The van der Waals surface area contributed by atoms with E-state index in [0.717, 1.165) is 11.1 Å². The summed E-state index contributed by atoms with van der Waals surface area (Å²) in [6.45, 7) is 0. The smallest absolute Gasteiger partial charge is 0.263 e. The summed E-state index contributed by atoms with van der Waals surface area (Å²) >= 11 is 0. The van der Waals surface area contributed by atoms with Gasteiger partial charge in [-0.15, -0.1) is 0 Å². The largest absolute Gasteiger partial charge is 0.272 e. The van der Waals surface area contributed by atoms with Gasteiger partial charge in [0.05, 0.1) is 0 Å². The average Bonchev–Trinajstić information content (AvgIpc) is 3.08. The Kier molecular flexibility index (Phi) is 3.74. The molecule has 0 fully saturated rings. The Balaban J connectivity index is 2.08. The third kappa shape index (κ3) is 2.98. The fraction of sp³-hybridized carbons (Fsp3) is 0. The van der Waals surface area contributed by atoms with Crippen LogP contribution in [-0.2, 0) is 0 Å². The molecule has 0 saturated heterocycles. The highest BCUT2D eigenvalue weighted by molar-refractivity contribution is 6.25. The fourth-order valence-electron chi connectivity index (χ4n) is 2.12. The van der Waals surface area contributed by atoms with Crippen molar-refractivity contribution in [2.75, 3.05) is 0 Å². The Morgan fingerprint density at radius 3 is 2.24 bits per heavy atom. The van der Waals surface area contributed by atoms with Crippen LogP contribution in [0.2, 0.25) is 0 Å². The first-order valence-electron chi connectivity index (χ1n) is 6.69. The number of nitrogens with zero attached hydrogens (tertiary/aromatic N) is 2. The molecule has 3 heteroatoms.